The summed E-state index contributed by atoms with van der Waals surface area (Å²) in [6.07, 6.45) is 1.60. The molecule has 7 nitrogen and oxygen atoms in total. The van der Waals surface area contributed by atoms with Gasteiger partial charge in [-0.05, 0) is 60.4 Å². The van der Waals surface area contributed by atoms with Crippen LogP contribution in [0.25, 0.3) is 22.2 Å². The number of rotatable bonds is 5. The van der Waals surface area contributed by atoms with E-state index in [0.717, 1.165) is 24.0 Å². The quantitative estimate of drug-likeness (QED) is 0.393. The number of fused-ring (bicyclic) bond motifs is 1. The minimum absolute atomic E-state index is 0.250. The van der Waals surface area contributed by atoms with Crippen molar-refractivity contribution in [3.8, 4) is 22.6 Å². The molecule has 1 atom stereocenters. The van der Waals surface area contributed by atoms with E-state index in [1.54, 1.807) is 49.5 Å². The van der Waals surface area contributed by atoms with Crippen LogP contribution in [0.5, 0.6) is 11.5 Å². The molecule has 34 heavy (non-hydrogen) atoms. The van der Waals surface area contributed by atoms with Crippen molar-refractivity contribution in [2.24, 2.45) is 0 Å². The Morgan fingerprint density at radius 1 is 1.06 bits per heavy atom. The third-order valence-corrected chi connectivity index (χ3v) is 6.03. The number of methoxy groups -OCH3 is 2. The van der Waals surface area contributed by atoms with E-state index in [9.17, 15) is 9.18 Å². The van der Waals surface area contributed by atoms with Gasteiger partial charge in [-0.15, -0.1) is 0 Å². The zero-order valence-corrected chi connectivity index (χ0v) is 18.9. The number of carbonyl (C=O) groups is 1. The number of hydrogen-bond donors (Lipinski definition) is 1. The SMILES string of the molecule is COc1ccc(NC(=O)N2CCCC2c2nc3cc(-c4ccc(F)cc4)ccc3o2)c(OC)c1. The summed E-state index contributed by atoms with van der Waals surface area (Å²) < 4.78 is 29.9. The highest BCUT2D eigenvalue weighted by atomic mass is 19.1. The van der Waals surface area contributed by atoms with E-state index in [1.807, 2.05) is 18.2 Å². The van der Waals surface area contributed by atoms with Crippen molar-refractivity contribution in [3.63, 3.8) is 0 Å². The van der Waals surface area contributed by atoms with Crippen LogP contribution in [0.4, 0.5) is 14.9 Å². The van der Waals surface area contributed by atoms with Crippen LogP contribution in [0.2, 0.25) is 0 Å². The Kier molecular flexibility index (Phi) is 5.79. The number of oxazole rings is 1. The zero-order valence-electron chi connectivity index (χ0n) is 18.9. The summed E-state index contributed by atoms with van der Waals surface area (Å²) in [6, 6.07) is 16.7. The van der Waals surface area contributed by atoms with Crippen molar-refractivity contribution in [2.45, 2.75) is 18.9 Å². The smallest absolute Gasteiger partial charge is 0.322 e. The molecule has 2 heterocycles. The van der Waals surface area contributed by atoms with Gasteiger partial charge in [-0.1, -0.05) is 18.2 Å². The highest BCUT2D eigenvalue weighted by Crippen LogP contribution is 2.36. The van der Waals surface area contributed by atoms with Crippen molar-refractivity contribution in [1.29, 1.82) is 0 Å². The third kappa shape index (κ3) is 4.14. The number of urea groups is 1. The molecule has 1 aliphatic heterocycles. The van der Waals surface area contributed by atoms with Gasteiger partial charge in [0.15, 0.2) is 5.58 Å². The van der Waals surface area contributed by atoms with Crippen molar-refractivity contribution in [2.75, 3.05) is 26.1 Å². The molecule has 4 aromatic rings. The van der Waals surface area contributed by atoms with E-state index in [-0.39, 0.29) is 17.9 Å². The molecular weight excluding hydrogens is 437 g/mol. The molecular formula is C26H24FN3O4. The van der Waals surface area contributed by atoms with Gasteiger partial charge in [0, 0.05) is 12.6 Å². The minimum atomic E-state index is -0.277. The van der Waals surface area contributed by atoms with Gasteiger partial charge in [0.05, 0.1) is 19.9 Å². The minimum Gasteiger partial charge on any atom is -0.497 e. The van der Waals surface area contributed by atoms with Gasteiger partial charge < -0.3 is 24.1 Å². The summed E-state index contributed by atoms with van der Waals surface area (Å²) in [6.45, 7) is 0.592. The predicted octanol–water partition coefficient (Wildman–Crippen LogP) is 6.02. The maximum atomic E-state index is 13.3. The Labute approximate surface area is 196 Å². The Morgan fingerprint density at radius 2 is 1.85 bits per heavy atom. The highest BCUT2D eigenvalue weighted by molar-refractivity contribution is 5.91. The number of amides is 2. The Balaban J connectivity index is 1.38. The summed E-state index contributed by atoms with van der Waals surface area (Å²) in [7, 11) is 3.12. The molecule has 1 aliphatic rings. The van der Waals surface area contributed by atoms with Gasteiger partial charge in [0.25, 0.3) is 0 Å². The molecule has 0 aliphatic carbocycles. The molecule has 8 heteroatoms. The Hall–Kier alpha value is -4.07. The number of nitrogens with one attached hydrogen (secondary N) is 1. The summed E-state index contributed by atoms with van der Waals surface area (Å²) in [5, 5.41) is 2.93. The van der Waals surface area contributed by atoms with Gasteiger partial charge in [0.2, 0.25) is 5.89 Å². The lowest BCUT2D eigenvalue weighted by molar-refractivity contribution is 0.198. The van der Waals surface area contributed by atoms with Crippen LogP contribution >= 0.6 is 0 Å². The fourth-order valence-electron chi connectivity index (χ4n) is 4.27. The molecule has 0 saturated carbocycles. The first kappa shape index (κ1) is 21.8. The average Bonchev–Trinajstić information content (AvgIpc) is 3.51. The van der Waals surface area contributed by atoms with Gasteiger partial charge in [-0.3, -0.25) is 0 Å². The van der Waals surface area contributed by atoms with Crippen molar-refractivity contribution < 1.29 is 23.1 Å². The van der Waals surface area contributed by atoms with Crippen molar-refractivity contribution in [3.05, 3.63) is 72.4 Å². The third-order valence-electron chi connectivity index (χ3n) is 6.03. The second-order valence-electron chi connectivity index (χ2n) is 8.09. The maximum absolute atomic E-state index is 13.3. The van der Waals surface area contributed by atoms with Crippen LogP contribution in [-0.4, -0.2) is 36.7 Å². The number of halogens is 1. The first-order valence-corrected chi connectivity index (χ1v) is 11.0. The molecule has 5 rings (SSSR count). The van der Waals surface area contributed by atoms with Gasteiger partial charge in [-0.25, -0.2) is 14.2 Å². The summed E-state index contributed by atoms with van der Waals surface area (Å²) in [5.41, 5.74) is 3.70. The predicted molar refractivity (Wildman–Crippen MR) is 127 cm³/mol. The molecule has 174 valence electrons. The largest absolute Gasteiger partial charge is 0.497 e. The number of ether oxygens (including phenoxy) is 2. The van der Waals surface area contributed by atoms with Crippen molar-refractivity contribution >= 4 is 22.8 Å². The summed E-state index contributed by atoms with van der Waals surface area (Å²) in [5.74, 6) is 1.38. The van der Waals surface area contributed by atoms with Crippen LogP contribution < -0.4 is 14.8 Å². The zero-order chi connectivity index (χ0) is 23.7. The average molecular weight is 461 g/mol. The first-order chi connectivity index (χ1) is 16.6. The molecule has 1 saturated heterocycles. The fraction of sp³-hybridized carbons (Fsp3) is 0.231. The molecule has 2 amide bonds. The second kappa shape index (κ2) is 9.05. The molecule has 3 aromatic carbocycles. The van der Waals surface area contributed by atoms with Crippen molar-refractivity contribution in [1.82, 2.24) is 9.88 Å². The first-order valence-electron chi connectivity index (χ1n) is 11.0. The molecule has 0 bridgehead atoms. The second-order valence-corrected chi connectivity index (χ2v) is 8.09. The Morgan fingerprint density at radius 3 is 2.62 bits per heavy atom. The topological polar surface area (TPSA) is 76.8 Å². The highest BCUT2D eigenvalue weighted by Gasteiger charge is 2.34. The van der Waals surface area contributed by atoms with Crippen LogP contribution in [0.3, 0.4) is 0 Å². The van der Waals surface area contributed by atoms with Crippen LogP contribution in [-0.2, 0) is 0 Å². The van der Waals surface area contributed by atoms with E-state index < -0.39 is 0 Å². The maximum Gasteiger partial charge on any atom is 0.322 e. The Bertz CT molecular complexity index is 1340. The van der Waals surface area contributed by atoms with Gasteiger partial charge >= 0.3 is 6.03 Å². The van der Waals surface area contributed by atoms with E-state index in [0.29, 0.717) is 40.7 Å². The summed E-state index contributed by atoms with van der Waals surface area (Å²) in [4.78, 5) is 19.6. The van der Waals surface area contributed by atoms with Gasteiger partial charge in [0.1, 0.15) is 28.9 Å². The van der Waals surface area contributed by atoms with Crippen LogP contribution in [0.15, 0.2) is 65.1 Å². The van der Waals surface area contributed by atoms with Gasteiger partial charge in [-0.2, -0.15) is 0 Å². The molecule has 0 spiro atoms. The lowest BCUT2D eigenvalue weighted by Gasteiger charge is -2.23. The molecule has 1 fully saturated rings. The number of carbonyl (C=O) groups excluding carboxylic acids is 1. The number of anilines is 1. The van der Waals surface area contributed by atoms with Crippen LogP contribution in [0, 0.1) is 5.82 Å². The fourth-order valence-corrected chi connectivity index (χ4v) is 4.27. The van der Waals surface area contributed by atoms with E-state index >= 15 is 0 Å². The lowest BCUT2D eigenvalue weighted by atomic mass is 10.1. The standard InChI is InChI=1S/C26H24FN3O4/c1-32-19-10-11-20(24(15-19)33-2)29-26(31)30-13-3-4-22(30)25-28-21-14-17(7-12-23(21)34-25)16-5-8-18(27)9-6-16/h5-12,14-15,22H,3-4,13H2,1-2H3,(H,29,31). The van der Waals surface area contributed by atoms with E-state index in [4.69, 9.17) is 18.9 Å². The van der Waals surface area contributed by atoms with E-state index in [2.05, 4.69) is 5.32 Å². The number of likely N-dealkylation sites (tertiary alicyclic amines) is 1. The van der Waals surface area contributed by atoms with E-state index in [1.165, 1.54) is 12.1 Å². The lowest BCUT2D eigenvalue weighted by Crippen LogP contribution is -2.34. The molecule has 1 aromatic heterocycles. The number of nitrogens with zero attached hydrogens (tertiary/aromatic N) is 2. The van der Waals surface area contributed by atoms with Crippen LogP contribution in [0.1, 0.15) is 24.8 Å². The number of benzene rings is 3. The molecule has 0 radical (unpaired) electrons. The monoisotopic (exact) mass is 461 g/mol. The molecule has 1 N–H and O–H groups in total. The molecule has 1 unspecified atom stereocenters. The summed E-state index contributed by atoms with van der Waals surface area (Å²) >= 11 is 0. The number of hydrogen-bond acceptors (Lipinski definition) is 5. The number of aromatic nitrogens is 1. The normalized spacial score (nSPS) is 15.5.